The number of carbonyl (C=O) groups excluding carboxylic acids is 1. The number of nitrogens with zero attached hydrogens (tertiary/aromatic N) is 3. The molecule has 35 heavy (non-hydrogen) atoms. The molecule has 3 fully saturated rings. The second-order valence-electron chi connectivity index (χ2n) is 9.08. The Kier molecular flexibility index (Phi) is 7.20. The van der Waals surface area contributed by atoms with Gasteiger partial charge >= 0.3 is 0 Å². The number of aromatic nitrogens is 2. The second-order valence-corrected chi connectivity index (χ2v) is 10.5. The standard InChI is InChI=1S/C26H28N4OS.CH3NO/c1-2-4-22(5-3-1)32-26(12-13-26)23-18-24(30-14-16-31-17-15-30)29-25(28-23)19-6-8-20(9-7-19)27-21-10-11-21;2-1-3/h1-9,18,21,27H,10-17H2;1H,(H2,2,3). The van der Waals surface area contributed by atoms with Gasteiger partial charge in [-0.25, -0.2) is 9.97 Å². The molecule has 1 saturated heterocycles. The van der Waals surface area contributed by atoms with E-state index in [0.29, 0.717) is 6.04 Å². The van der Waals surface area contributed by atoms with Gasteiger partial charge in [0.25, 0.3) is 0 Å². The third-order valence-corrected chi connectivity index (χ3v) is 7.88. The summed E-state index contributed by atoms with van der Waals surface area (Å²) in [5, 5.41) is 3.56. The van der Waals surface area contributed by atoms with E-state index < -0.39 is 0 Å². The Morgan fingerprint density at radius 1 is 1.03 bits per heavy atom. The van der Waals surface area contributed by atoms with Crippen LogP contribution in [0.4, 0.5) is 11.5 Å². The number of carbonyl (C=O) groups is 1. The van der Waals surface area contributed by atoms with Crippen LogP contribution in [0, 0.1) is 0 Å². The summed E-state index contributed by atoms with van der Waals surface area (Å²) in [6, 6.07) is 22.2. The van der Waals surface area contributed by atoms with E-state index in [-0.39, 0.29) is 11.2 Å². The Hall–Kier alpha value is -3.10. The van der Waals surface area contributed by atoms with Crippen LogP contribution in [0.5, 0.6) is 0 Å². The predicted octanol–water partition coefficient (Wildman–Crippen LogP) is 4.44. The first-order chi connectivity index (χ1) is 17.2. The summed E-state index contributed by atoms with van der Waals surface area (Å²) in [7, 11) is 0. The first kappa shape index (κ1) is 23.6. The van der Waals surface area contributed by atoms with Crippen LogP contribution < -0.4 is 16.0 Å². The lowest BCUT2D eigenvalue weighted by molar-refractivity contribution is -0.106. The average Bonchev–Trinajstić information content (AvgIpc) is 3.84. The molecular formula is C27H31N5O2S. The molecule has 6 rings (SSSR count). The summed E-state index contributed by atoms with van der Waals surface area (Å²) in [6.45, 7) is 3.25. The number of amides is 1. The number of hydrogen-bond donors (Lipinski definition) is 2. The molecule has 3 N–H and O–H groups in total. The van der Waals surface area contributed by atoms with Gasteiger partial charge in [0.05, 0.1) is 23.7 Å². The van der Waals surface area contributed by atoms with Crippen LogP contribution in [-0.2, 0) is 14.3 Å². The summed E-state index contributed by atoms with van der Waals surface area (Å²) in [6.07, 6.45) is 5.10. The number of primary amides is 1. The molecule has 2 aromatic carbocycles. The third kappa shape index (κ3) is 5.94. The van der Waals surface area contributed by atoms with Crippen molar-refractivity contribution in [2.45, 2.75) is 41.4 Å². The number of nitrogens with two attached hydrogens (primary N) is 1. The zero-order valence-corrected chi connectivity index (χ0v) is 20.5. The predicted molar refractivity (Wildman–Crippen MR) is 141 cm³/mol. The largest absolute Gasteiger partial charge is 0.382 e. The zero-order chi connectivity index (χ0) is 24.1. The van der Waals surface area contributed by atoms with Gasteiger partial charge in [0.1, 0.15) is 5.82 Å². The van der Waals surface area contributed by atoms with Crippen molar-refractivity contribution >= 4 is 29.7 Å². The number of morpholine rings is 1. The number of nitrogens with one attached hydrogen (secondary N) is 1. The number of hydrogen-bond acceptors (Lipinski definition) is 7. The molecule has 3 aromatic rings. The molecule has 8 heteroatoms. The summed E-state index contributed by atoms with van der Waals surface area (Å²) in [4.78, 5) is 22.4. The van der Waals surface area contributed by atoms with Crippen LogP contribution >= 0.6 is 11.8 Å². The van der Waals surface area contributed by atoms with Crippen LogP contribution in [0.1, 0.15) is 31.4 Å². The Balaban J connectivity index is 0.000000806. The van der Waals surface area contributed by atoms with E-state index in [1.54, 1.807) is 0 Å². The van der Waals surface area contributed by atoms with E-state index in [2.05, 4.69) is 76.6 Å². The fourth-order valence-corrected chi connectivity index (χ4v) is 5.43. The Morgan fingerprint density at radius 3 is 2.34 bits per heavy atom. The molecular weight excluding hydrogens is 458 g/mol. The topological polar surface area (TPSA) is 93.4 Å². The first-order valence-corrected chi connectivity index (χ1v) is 13.0. The fraction of sp³-hybridized carbons (Fsp3) is 0.370. The lowest BCUT2D eigenvalue weighted by Gasteiger charge is -2.29. The van der Waals surface area contributed by atoms with E-state index in [0.717, 1.165) is 62.0 Å². The molecule has 182 valence electrons. The van der Waals surface area contributed by atoms with E-state index >= 15 is 0 Å². The van der Waals surface area contributed by atoms with Gasteiger partial charge in [0, 0.05) is 41.3 Å². The second kappa shape index (κ2) is 10.7. The third-order valence-electron chi connectivity index (χ3n) is 6.37. The highest BCUT2D eigenvalue weighted by Gasteiger charge is 2.47. The Bertz CT molecular complexity index is 1130. The molecule has 1 amide bonds. The Morgan fingerprint density at radius 2 is 1.71 bits per heavy atom. The van der Waals surface area contributed by atoms with Crippen molar-refractivity contribution < 1.29 is 9.53 Å². The van der Waals surface area contributed by atoms with Gasteiger partial charge in [-0.05, 0) is 62.1 Å². The number of anilines is 2. The molecule has 0 unspecified atom stereocenters. The normalized spacial score (nSPS) is 18.2. The highest BCUT2D eigenvalue weighted by atomic mass is 32.2. The molecule has 0 radical (unpaired) electrons. The summed E-state index contributed by atoms with van der Waals surface area (Å²) in [5.41, 5.74) is 7.57. The maximum atomic E-state index is 8.58. The molecule has 2 aliphatic carbocycles. The molecule has 7 nitrogen and oxygen atoms in total. The lowest BCUT2D eigenvalue weighted by atomic mass is 10.1. The number of ether oxygens (including phenoxy) is 1. The van der Waals surface area contributed by atoms with Gasteiger partial charge in [0.15, 0.2) is 5.82 Å². The minimum Gasteiger partial charge on any atom is -0.382 e. The van der Waals surface area contributed by atoms with Crippen molar-refractivity contribution in [2.75, 3.05) is 36.5 Å². The van der Waals surface area contributed by atoms with Gasteiger partial charge < -0.3 is 20.7 Å². The zero-order valence-electron chi connectivity index (χ0n) is 19.7. The summed E-state index contributed by atoms with van der Waals surface area (Å²) in [5.74, 6) is 1.84. The monoisotopic (exact) mass is 489 g/mol. The summed E-state index contributed by atoms with van der Waals surface area (Å²) < 4.78 is 5.63. The van der Waals surface area contributed by atoms with Gasteiger partial charge in [-0.3, -0.25) is 4.79 Å². The lowest BCUT2D eigenvalue weighted by Crippen LogP contribution is -2.37. The SMILES string of the molecule is NC=O.c1ccc(SC2(c3cc(N4CCOCC4)nc(-c4ccc(NC5CC5)cc4)n3)CC2)cc1. The van der Waals surface area contributed by atoms with Crippen molar-refractivity contribution in [1.82, 2.24) is 9.97 Å². The first-order valence-electron chi connectivity index (χ1n) is 12.2. The maximum Gasteiger partial charge on any atom is 0.204 e. The van der Waals surface area contributed by atoms with E-state index in [1.165, 1.54) is 23.4 Å². The molecule has 2 saturated carbocycles. The molecule has 1 aromatic heterocycles. The molecule has 1 aliphatic heterocycles. The van der Waals surface area contributed by atoms with Gasteiger partial charge in [-0.1, -0.05) is 18.2 Å². The molecule has 0 bridgehead atoms. The minimum absolute atomic E-state index is 0.0492. The van der Waals surface area contributed by atoms with Crippen LogP contribution in [-0.4, -0.2) is 48.7 Å². The molecule has 0 atom stereocenters. The smallest absolute Gasteiger partial charge is 0.204 e. The van der Waals surface area contributed by atoms with E-state index in [1.807, 2.05) is 11.8 Å². The van der Waals surface area contributed by atoms with Crippen LogP contribution in [0.2, 0.25) is 0 Å². The van der Waals surface area contributed by atoms with Crippen molar-refractivity contribution in [3.63, 3.8) is 0 Å². The fourth-order valence-electron chi connectivity index (χ4n) is 4.17. The summed E-state index contributed by atoms with van der Waals surface area (Å²) >= 11 is 1.94. The highest BCUT2D eigenvalue weighted by molar-refractivity contribution is 8.00. The van der Waals surface area contributed by atoms with E-state index in [4.69, 9.17) is 19.5 Å². The van der Waals surface area contributed by atoms with Crippen molar-refractivity contribution in [3.8, 4) is 11.4 Å². The van der Waals surface area contributed by atoms with Crippen molar-refractivity contribution in [3.05, 3.63) is 66.4 Å². The van der Waals surface area contributed by atoms with Gasteiger partial charge in [-0.15, -0.1) is 11.8 Å². The number of benzene rings is 2. The molecule has 2 heterocycles. The van der Waals surface area contributed by atoms with Crippen molar-refractivity contribution in [2.24, 2.45) is 5.73 Å². The van der Waals surface area contributed by atoms with Crippen LogP contribution in [0.3, 0.4) is 0 Å². The van der Waals surface area contributed by atoms with Crippen molar-refractivity contribution in [1.29, 1.82) is 0 Å². The Labute approximate surface area is 210 Å². The number of rotatable bonds is 7. The molecule has 3 aliphatic rings. The minimum atomic E-state index is 0.0492. The maximum absolute atomic E-state index is 8.58. The molecule has 0 spiro atoms. The van der Waals surface area contributed by atoms with Gasteiger partial charge in [0.2, 0.25) is 6.41 Å². The van der Waals surface area contributed by atoms with Crippen LogP contribution in [0.25, 0.3) is 11.4 Å². The quantitative estimate of drug-likeness (QED) is 0.474. The average molecular weight is 490 g/mol. The van der Waals surface area contributed by atoms with Gasteiger partial charge in [-0.2, -0.15) is 0 Å². The van der Waals surface area contributed by atoms with E-state index in [9.17, 15) is 0 Å². The highest BCUT2D eigenvalue weighted by Crippen LogP contribution is 2.59. The number of thioether (sulfide) groups is 1. The van der Waals surface area contributed by atoms with Crippen LogP contribution in [0.15, 0.2) is 65.6 Å².